The fraction of sp³-hybridized carbons (Fsp3) is 0.643. The number of hydrogen-bond donors (Lipinski definition) is 2. The van der Waals surface area contributed by atoms with Gasteiger partial charge in [0.15, 0.2) is 35.8 Å². The van der Waals surface area contributed by atoms with E-state index in [1.807, 2.05) is 0 Å². The number of nitrogens with one attached hydrogen (secondary N) is 1. The molecule has 0 aliphatic carbocycles. The molecule has 0 saturated carbocycles. The average Bonchev–Trinajstić information content (AvgIpc) is 2.50. The molecular formula is C14H20N2O9S. The van der Waals surface area contributed by atoms with Crippen LogP contribution in [0.25, 0.3) is 0 Å². The Hall–Kier alpha value is -2.47. The second-order valence-electron chi connectivity index (χ2n) is 5.23. The Morgan fingerprint density at radius 2 is 1.38 bits per heavy atom. The van der Waals surface area contributed by atoms with Gasteiger partial charge in [0.25, 0.3) is 0 Å². The summed E-state index contributed by atoms with van der Waals surface area (Å²) in [5.74, 6) is -3.22. The monoisotopic (exact) mass is 392 g/mol. The van der Waals surface area contributed by atoms with Crippen molar-refractivity contribution in [1.82, 2.24) is 5.32 Å². The Kier molecular flexibility index (Phi) is 7.71. The number of thiocarbonyl (C=S) groups is 1. The van der Waals surface area contributed by atoms with Gasteiger partial charge in [0.2, 0.25) is 0 Å². The van der Waals surface area contributed by atoms with Crippen LogP contribution in [-0.2, 0) is 42.9 Å². The predicted octanol–water partition coefficient (Wildman–Crippen LogP) is -1.49. The highest BCUT2D eigenvalue weighted by Crippen LogP contribution is 2.28. The first-order valence-corrected chi connectivity index (χ1v) is 7.78. The normalized spacial score (nSPS) is 27.6. The van der Waals surface area contributed by atoms with Crippen LogP contribution in [0.15, 0.2) is 0 Å². The van der Waals surface area contributed by atoms with Crippen LogP contribution < -0.4 is 11.1 Å². The number of ether oxygens (including phenoxy) is 5. The summed E-state index contributed by atoms with van der Waals surface area (Å²) in [5.41, 5.74) is 5.42. The molecule has 1 heterocycles. The minimum Gasteiger partial charge on any atom is -0.467 e. The summed E-state index contributed by atoms with van der Waals surface area (Å²) in [7, 11) is 1.09. The van der Waals surface area contributed by atoms with E-state index in [0.717, 1.165) is 27.9 Å². The van der Waals surface area contributed by atoms with Crippen molar-refractivity contribution in [3.05, 3.63) is 0 Å². The largest absolute Gasteiger partial charge is 0.467 e. The third-order valence-corrected chi connectivity index (χ3v) is 3.28. The van der Waals surface area contributed by atoms with E-state index in [4.69, 9.17) is 36.9 Å². The fourth-order valence-electron chi connectivity index (χ4n) is 2.37. The first-order valence-electron chi connectivity index (χ1n) is 7.37. The van der Waals surface area contributed by atoms with Crippen molar-refractivity contribution in [2.24, 2.45) is 5.73 Å². The quantitative estimate of drug-likeness (QED) is 0.318. The number of carbonyl (C=O) groups excluding carboxylic acids is 4. The molecule has 1 aliphatic rings. The molecule has 1 aliphatic heterocycles. The number of hydrogen-bond acceptors (Lipinski definition) is 10. The highest BCUT2D eigenvalue weighted by atomic mass is 32.1. The maximum Gasteiger partial charge on any atom is 0.339 e. The van der Waals surface area contributed by atoms with E-state index in [0.29, 0.717) is 0 Å². The number of carbonyl (C=O) groups is 4. The third kappa shape index (κ3) is 5.81. The fourth-order valence-corrected chi connectivity index (χ4v) is 2.49. The molecule has 5 atom stereocenters. The first kappa shape index (κ1) is 21.6. The molecule has 12 heteroatoms. The van der Waals surface area contributed by atoms with Gasteiger partial charge in [-0.1, -0.05) is 0 Å². The molecule has 0 aromatic carbocycles. The molecule has 0 aromatic rings. The number of esters is 4. The average molecular weight is 392 g/mol. The number of methoxy groups -OCH3 is 1. The van der Waals surface area contributed by atoms with Gasteiger partial charge in [0.1, 0.15) is 0 Å². The van der Waals surface area contributed by atoms with Gasteiger partial charge in [-0.2, -0.15) is 0 Å². The summed E-state index contributed by atoms with van der Waals surface area (Å²) in [5, 5.41) is 2.26. The van der Waals surface area contributed by atoms with Crippen LogP contribution in [0, 0.1) is 0 Å². The summed E-state index contributed by atoms with van der Waals surface area (Å²) in [6.45, 7) is 3.28. The summed E-state index contributed by atoms with van der Waals surface area (Å²) >= 11 is 4.74. The second kappa shape index (κ2) is 9.29. The maximum absolute atomic E-state index is 12.1. The number of rotatable bonds is 5. The van der Waals surface area contributed by atoms with Gasteiger partial charge in [0, 0.05) is 20.8 Å². The van der Waals surface area contributed by atoms with Crippen LogP contribution >= 0.6 is 12.2 Å². The van der Waals surface area contributed by atoms with Crippen molar-refractivity contribution in [3.8, 4) is 0 Å². The predicted molar refractivity (Wildman–Crippen MR) is 87.3 cm³/mol. The van der Waals surface area contributed by atoms with Crippen LogP contribution in [0.3, 0.4) is 0 Å². The minimum absolute atomic E-state index is 0.233. The molecule has 0 unspecified atom stereocenters. The Labute approximate surface area is 154 Å². The van der Waals surface area contributed by atoms with Crippen molar-refractivity contribution in [1.29, 1.82) is 0 Å². The smallest absolute Gasteiger partial charge is 0.339 e. The SMILES string of the molecule is COC(=O)[C@H]1O[C@@H](NC(N)=S)[C@H](OC(C)=O)[C@@H](OC(C)=O)[C@@H]1OC(C)=O. The van der Waals surface area contributed by atoms with Gasteiger partial charge in [-0.15, -0.1) is 0 Å². The van der Waals surface area contributed by atoms with Crippen molar-refractivity contribution < 1.29 is 42.9 Å². The van der Waals surface area contributed by atoms with Crippen LogP contribution in [0.5, 0.6) is 0 Å². The molecule has 0 bridgehead atoms. The standard InChI is InChI=1S/C14H20N2O9S/c1-5(17)22-8-9(23-6(2)18)11(13(20)21-4)25-12(16-14(15)26)10(8)24-7(3)19/h8-12H,1-4H3,(H3,15,16,26)/t8-,9-,10+,11-,12+/m0/s1. The van der Waals surface area contributed by atoms with Crippen molar-refractivity contribution >= 4 is 41.2 Å². The Bertz CT molecular complexity index is 597. The lowest BCUT2D eigenvalue weighted by Crippen LogP contribution is -2.67. The Morgan fingerprint density at radius 1 is 0.923 bits per heavy atom. The molecule has 0 amide bonds. The zero-order valence-electron chi connectivity index (χ0n) is 14.5. The zero-order chi connectivity index (χ0) is 20.0. The third-order valence-electron chi connectivity index (χ3n) is 3.16. The summed E-state index contributed by atoms with van der Waals surface area (Å²) < 4.78 is 25.5. The van der Waals surface area contributed by atoms with Gasteiger partial charge in [-0.05, 0) is 12.2 Å². The van der Waals surface area contributed by atoms with Crippen LogP contribution in [0.4, 0.5) is 0 Å². The molecule has 0 aromatic heterocycles. The van der Waals surface area contributed by atoms with Crippen molar-refractivity contribution in [3.63, 3.8) is 0 Å². The van der Waals surface area contributed by atoms with Gasteiger partial charge in [-0.3, -0.25) is 14.4 Å². The summed E-state index contributed by atoms with van der Waals surface area (Å²) in [6.07, 6.45) is -6.89. The molecular weight excluding hydrogens is 372 g/mol. The van der Waals surface area contributed by atoms with Gasteiger partial charge >= 0.3 is 23.9 Å². The molecule has 1 rings (SSSR count). The van der Waals surface area contributed by atoms with Gasteiger partial charge < -0.3 is 34.7 Å². The summed E-state index contributed by atoms with van der Waals surface area (Å²) in [4.78, 5) is 46.5. The molecule has 146 valence electrons. The molecule has 0 radical (unpaired) electrons. The van der Waals surface area contributed by atoms with Gasteiger partial charge in [-0.25, -0.2) is 4.79 Å². The Balaban J connectivity index is 3.37. The van der Waals surface area contributed by atoms with Crippen LogP contribution in [-0.4, -0.2) is 66.7 Å². The minimum atomic E-state index is -1.49. The van der Waals surface area contributed by atoms with Gasteiger partial charge in [0.05, 0.1) is 7.11 Å². The number of nitrogens with two attached hydrogens (primary N) is 1. The highest BCUT2D eigenvalue weighted by molar-refractivity contribution is 7.80. The molecule has 1 saturated heterocycles. The molecule has 26 heavy (non-hydrogen) atoms. The van der Waals surface area contributed by atoms with Crippen molar-refractivity contribution in [2.45, 2.75) is 51.4 Å². The zero-order valence-corrected chi connectivity index (χ0v) is 15.4. The highest BCUT2D eigenvalue weighted by Gasteiger charge is 2.54. The van der Waals surface area contributed by atoms with Crippen LogP contribution in [0.1, 0.15) is 20.8 Å². The van der Waals surface area contributed by atoms with E-state index >= 15 is 0 Å². The lowest BCUT2D eigenvalue weighted by molar-refractivity contribution is -0.250. The van der Waals surface area contributed by atoms with E-state index in [1.165, 1.54) is 0 Å². The summed E-state index contributed by atoms with van der Waals surface area (Å²) in [6, 6.07) is 0. The second-order valence-corrected chi connectivity index (χ2v) is 5.67. The van der Waals surface area contributed by atoms with Crippen molar-refractivity contribution in [2.75, 3.05) is 7.11 Å². The lowest BCUT2D eigenvalue weighted by Gasteiger charge is -2.43. The van der Waals surface area contributed by atoms with E-state index in [9.17, 15) is 19.2 Å². The lowest BCUT2D eigenvalue weighted by atomic mass is 9.97. The van der Waals surface area contributed by atoms with E-state index in [-0.39, 0.29) is 5.11 Å². The van der Waals surface area contributed by atoms with Crippen LogP contribution in [0.2, 0.25) is 0 Å². The molecule has 3 N–H and O–H groups in total. The Morgan fingerprint density at radius 3 is 1.81 bits per heavy atom. The first-order chi connectivity index (χ1) is 12.1. The molecule has 11 nitrogen and oxygen atoms in total. The van der Waals surface area contributed by atoms with E-state index in [1.54, 1.807) is 0 Å². The molecule has 0 spiro atoms. The van der Waals surface area contributed by atoms with E-state index in [2.05, 4.69) is 10.1 Å². The topological polar surface area (TPSA) is 152 Å². The maximum atomic E-state index is 12.1. The van der Waals surface area contributed by atoms with E-state index < -0.39 is 54.5 Å². The molecule has 1 fully saturated rings.